The van der Waals surface area contributed by atoms with Gasteiger partial charge >= 0.3 is 0 Å². The molecular weight excluding hydrogens is 316 g/mol. The fourth-order valence-electron chi connectivity index (χ4n) is 3.34. The molecule has 0 radical (unpaired) electrons. The van der Waals surface area contributed by atoms with Gasteiger partial charge in [-0.2, -0.15) is 9.61 Å². The maximum Gasteiger partial charge on any atom is 0.200 e. The third-order valence-corrected chi connectivity index (χ3v) is 4.62. The molecule has 1 saturated heterocycles. The predicted octanol–water partition coefficient (Wildman–Crippen LogP) is 1.76. The highest BCUT2D eigenvalue weighted by Crippen LogP contribution is 2.22. The van der Waals surface area contributed by atoms with E-state index in [0.717, 1.165) is 55.5 Å². The van der Waals surface area contributed by atoms with E-state index >= 15 is 0 Å². The molecule has 0 spiro atoms. The number of benzene rings is 1. The second-order valence-corrected chi connectivity index (χ2v) is 6.38. The van der Waals surface area contributed by atoms with Crippen molar-refractivity contribution >= 4 is 11.3 Å². The first-order valence-corrected chi connectivity index (χ1v) is 8.51. The normalized spacial score (nSPS) is 15.7. The fourth-order valence-corrected chi connectivity index (χ4v) is 3.34. The molecule has 1 aliphatic heterocycles. The Labute approximate surface area is 146 Å². The van der Waals surface area contributed by atoms with E-state index in [9.17, 15) is 0 Å². The van der Waals surface area contributed by atoms with Crippen molar-refractivity contribution in [2.24, 2.45) is 0 Å². The molecule has 0 amide bonds. The number of aryl methyl sites for hydroxylation is 1. The van der Waals surface area contributed by atoms with Gasteiger partial charge in [-0.05, 0) is 30.7 Å². The van der Waals surface area contributed by atoms with E-state index in [1.54, 1.807) is 18.0 Å². The van der Waals surface area contributed by atoms with Crippen LogP contribution in [0.1, 0.15) is 11.3 Å². The Bertz CT molecular complexity index is 869. The maximum atomic E-state index is 5.32. The van der Waals surface area contributed by atoms with E-state index in [1.165, 1.54) is 5.56 Å². The highest BCUT2D eigenvalue weighted by Gasteiger charge is 2.20. The number of fused-ring (bicyclic) bond motifs is 1. The molecule has 25 heavy (non-hydrogen) atoms. The van der Waals surface area contributed by atoms with Gasteiger partial charge in [0.25, 0.3) is 0 Å². The van der Waals surface area contributed by atoms with E-state index < -0.39 is 0 Å². The smallest absolute Gasteiger partial charge is 0.200 e. The van der Waals surface area contributed by atoms with Crippen molar-refractivity contribution in [1.29, 1.82) is 0 Å². The summed E-state index contributed by atoms with van der Waals surface area (Å²) in [6.07, 6.45) is 1.66. The number of hydrogen-bond donors (Lipinski definition) is 0. The Hall–Kier alpha value is -2.67. The molecule has 3 heterocycles. The van der Waals surface area contributed by atoms with Gasteiger partial charge in [0.1, 0.15) is 12.1 Å². The average molecular weight is 338 g/mol. The van der Waals surface area contributed by atoms with Crippen LogP contribution in [0.3, 0.4) is 0 Å². The molecule has 2 aromatic heterocycles. The minimum Gasteiger partial charge on any atom is -0.497 e. The van der Waals surface area contributed by atoms with Crippen molar-refractivity contribution in [3.8, 4) is 5.75 Å². The lowest BCUT2D eigenvalue weighted by Gasteiger charge is -2.36. The van der Waals surface area contributed by atoms with E-state index in [-0.39, 0.29) is 0 Å². The second kappa shape index (κ2) is 6.68. The van der Waals surface area contributed by atoms with Crippen LogP contribution in [0.4, 0.5) is 5.69 Å². The molecule has 0 unspecified atom stereocenters. The molecular formula is C18H22N6O. The lowest BCUT2D eigenvalue weighted by molar-refractivity contribution is 0.249. The maximum absolute atomic E-state index is 5.32. The Morgan fingerprint density at radius 1 is 1.12 bits per heavy atom. The number of aromatic nitrogens is 4. The van der Waals surface area contributed by atoms with Crippen LogP contribution in [-0.2, 0) is 6.54 Å². The summed E-state index contributed by atoms with van der Waals surface area (Å²) in [6, 6.07) is 10.4. The highest BCUT2D eigenvalue weighted by atomic mass is 16.5. The molecule has 0 bridgehead atoms. The largest absolute Gasteiger partial charge is 0.497 e. The molecule has 0 aliphatic carbocycles. The highest BCUT2D eigenvalue weighted by molar-refractivity contribution is 5.68. The Kier molecular flexibility index (Phi) is 4.23. The number of anilines is 1. The van der Waals surface area contributed by atoms with Gasteiger partial charge in [-0.1, -0.05) is 12.1 Å². The lowest BCUT2D eigenvalue weighted by atomic mass is 10.2. The fraction of sp³-hybridized carbons (Fsp3) is 0.389. The molecule has 1 fully saturated rings. The van der Waals surface area contributed by atoms with Crippen LogP contribution in [0, 0.1) is 6.92 Å². The number of nitrogens with zero attached hydrogens (tertiary/aromatic N) is 6. The van der Waals surface area contributed by atoms with Gasteiger partial charge < -0.3 is 9.64 Å². The molecule has 0 saturated carbocycles. The third kappa shape index (κ3) is 3.28. The number of ether oxygens (including phenoxy) is 1. The number of methoxy groups -OCH3 is 1. The van der Waals surface area contributed by atoms with Crippen LogP contribution in [0.2, 0.25) is 0 Å². The van der Waals surface area contributed by atoms with Crippen LogP contribution in [0.25, 0.3) is 5.65 Å². The van der Waals surface area contributed by atoms with E-state index in [2.05, 4.69) is 43.3 Å². The van der Waals surface area contributed by atoms with Gasteiger partial charge in [0.05, 0.1) is 18.5 Å². The van der Waals surface area contributed by atoms with Crippen LogP contribution in [-0.4, -0.2) is 58.0 Å². The van der Waals surface area contributed by atoms with Crippen molar-refractivity contribution in [2.75, 3.05) is 38.2 Å². The molecule has 7 nitrogen and oxygen atoms in total. The number of hydrogen-bond acceptors (Lipinski definition) is 6. The Morgan fingerprint density at radius 2 is 1.96 bits per heavy atom. The van der Waals surface area contributed by atoms with Gasteiger partial charge in [0.2, 0.25) is 5.65 Å². The van der Waals surface area contributed by atoms with Crippen molar-refractivity contribution in [2.45, 2.75) is 13.5 Å². The van der Waals surface area contributed by atoms with Gasteiger partial charge in [-0.3, -0.25) is 4.90 Å². The van der Waals surface area contributed by atoms with Crippen molar-refractivity contribution in [1.82, 2.24) is 24.7 Å². The summed E-state index contributed by atoms with van der Waals surface area (Å²) in [4.78, 5) is 4.85. The first kappa shape index (κ1) is 15.8. The summed E-state index contributed by atoms with van der Waals surface area (Å²) in [5.41, 5.74) is 4.20. The summed E-state index contributed by atoms with van der Waals surface area (Å²) >= 11 is 0. The second-order valence-electron chi connectivity index (χ2n) is 6.38. The van der Waals surface area contributed by atoms with Crippen molar-refractivity contribution in [3.05, 3.63) is 47.9 Å². The zero-order valence-electron chi connectivity index (χ0n) is 14.6. The quantitative estimate of drug-likeness (QED) is 0.722. The monoisotopic (exact) mass is 338 g/mol. The molecule has 0 atom stereocenters. The van der Waals surface area contributed by atoms with Crippen LogP contribution in [0.15, 0.2) is 36.7 Å². The van der Waals surface area contributed by atoms with Crippen molar-refractivity contribution < 1.29 is 4.74 Å². The predicted molar refractivity (Wildman–Crippen MR) is 96.0 cm³/mol. The number of rotatable bonds is 4. The molecule has 130 valence electrons. The average Bonchev–Trinajstić information content (AvgIpc) is 3.10. The third-order valence-electron chi connectivity index (χ3n) is 4.62. The Morgan fingerprint density at radius 3 is 2.76 bits per heavy atom. The SMILES string of the molecule is COc1cccc(CN2CCN(c3cc(C)nn4cnnc34)CC2)c1. The molecule has 0 N–H and O–H groups in total. The standard InChI is InChI=1S/C18H22N6O/c1-14-10-17(18-20-19-13-24(18)21-14)23-8-6-22(7-9-23)12-15-4-3-5-16(11-15)25-2/h3-5,10-11,13H,6-9,12H2,1-2H3. The molecule has 7 heteroatoms. The van der Waals surface area contributed by atoms with Crippen LogP contribution < -0.4 is 9.64 Å². The summed E-state index contributed by atoms with van der Waals surface area (Å²) in [6.45, 7) is 6.91. The molecule has 3 aromatic rings. The summed E-state index contributed by atoms with van der Waals surface area (Å²) in [5.74, 6) is 0.914. The van der Waals surface area contributed by atoms with Gasteiger partial charge in [-0.25, -0.2) is 0 Å². The zero-order valence-corrected chi connectivity index (χ0v) is 14.6. The number of piperazine rings is 1. The lowest BCUT2D eigenvalue weighted by Crippen LogP contribution is -2.46. The molecule has 4 rings (SSSR count). The van der Waals surface area contributed by atoms with E-state index in [0.29, 0.717) is 0 Å². The van der Waals surface area contributed by atoms with Gasteiger partial charge in [0, 0.05) is 32.7 Å². The van der Waals surface area contributed by atoms with Gasteiger partial charge in [0.15, 0.2) is 0 Å². The first-order valence-electron chi connectivity index (χ1n) is 8.51. The van der Waals surface area contributed by atoms with E-state index in [4.69, 9.17) is 4.74 Å². The first-order chi connectivity index (χ1) is 12.2. The zero-order chi connectivity index (χ0) is 17.2. The van der Waals surface area contributed by atoms with E-state index in [1.807, 2.05) is 19.1 Å². The minimum absolute atomic E-state index is 0.826. The molecule has 1 aromatic carbocycles. The summed E-state index contributed by atoms with van der Waals surface area (Å²) in [7, 11) is 1.71. The van der Waals surface area contributed by atoms with Crippen LogP contribution in [0.5, 0.6) is 5.75 Å². The van der Waals surface area contributed by atoms with Gasteiger partial charge in [-0.15, -0.1) is 10.2 Å². The summed E-state index contributed by atoms with van der Waals surface area (Å²) < 4.78 is 7.07. The minimum atomic E-state index is 0.826. The summed E-state index contributed by atoms with van der Waals surface area (Å²) in [5, 5.41) is 12.6. The Balaban J connectivity index is 1.45. The molecule has 1 aliphatic rings. The van der Waals surface area contributed by atoms with Crippen LogP contribution >= 0.6 is 0 Å². The van der Waals surface area contributed by atoms with Crippen molar-refractivity contribution in [3.63, 3.8) is 0 Å². The topological polar surface area (TPSA) is 58.8 Å².